The minimum atomic E-state index is -0.262. The Morgan fingerprint density at radius 3 is 2.78 bits per heavy atom. The van der Waals surface area contributed by atoms with Crippen molar-refractivity contribution in [2.45, 2.75) is 25.9 Å². The molecule has 0 aromatic carbocycles. The molecule has 5 nitrogen and oxygen atoms in total. The van der Waals surface area contributed by atoms with Crippen LogP contribution in [0.2, 0.25) is 0 Å². The SMILES string of the molecule is [2H]c1cc(C(=O)NC)ncc1N1C[C@@H](C)N[C@@H](C)C1. The van der Waals surface area contributed by atoms with Gasteiger partial charge in [-0.25, -0.2) is 4.98 Å². The lowest BCUT2D eigenvalue weighted by Crippen LogP contribution is -2.54. The second-order valence-electron chi connectivity index (χ2n) is 4.77. The van der Waals surface area contributed by atoms with Crippen LogP contribution in [0, 0.1) is 0 Å². The van der Waals surface area contributed by atoms with Gasteiger partial charge in [0.05, 0.1) is 13.3 Å². The molecule has 0 aliphatic carbocycles. The van der Waals surface area contributed by atoms with Crippen LogP contribution in [-0.2, 0) is 0 Å². The van der Waals surface area contributed by atoms with E-state index in [1.165, 1.54) is 6.07 Å². The lowest BCUT2D eigenvalue weighted by atomic mass is 10.1. The Labute approximate surface area is 109 Å². The van der Waals surface area contributed by atoms with Gasteiger partial charge in [0.25, 0.3) is 5.91 Å². The minimum absolute atomic E-state index is 0.262. The molecule has 1 aromatic rings. The van der Waals surface area contributed by atoms with Gasteiger partial charge in [0.1, 0.15) is 5.69 Å². The molecular weight excluding hydrogens is 228 g/mol. The van der Waals surface area contributed by atoms with Crippen LogP contribution in [-0.4, -0.2) is 43.1 Å². The average molecular weight is 249 g/mol. The van der Waals surface area contributed by atoms with Gasteiger partial charge in [-0.15, -0.1) is 0 Å². The van der Waals surface area contributed by atoms with Crippen LogP contribution in [0.3, 0.4) is 0 Å². The third-order valence-electron chi connectivity index (χ3n) is 3.04. The highest BCUT2D eigenvalue weighted by Crippen LogP contribution is 2.16. The summed E-state index contributed by atoms with van der Waals surface area (Å²) in [5.41, 5.74) is 1.07. The number of nitrogens with one attached hydrogen (secondary N) is 2. The number of piperazine rings is 1. The monoisotopic (exact) mass is 249 g/mol. The van der Waals surface area contributed by atoms with Crippen LogP contribution < -0.4 is 15.5 Å². The summed E-state index contributed by atoms with van der Waals surface area (Å²) in [6.45, 7) is 5.94. The molecule has 2 atom stereocenters. The molecule has 18 heavy (non-hydrogen) atoms. The number of hydrogen-bond acceptors (Lipinski definition) is 4. The van der Waals surface area contributed by atoms with Gasteiger partial charge in [0, 0.05) is 32.2 Å². The molecule has 1 aliphatic rings. The molecule has 1 aromatic heterocycles. The zero-order chi connectivity index (χ0) is 14.0. The number of carbonyl (C=O) groups excluding carboxylic acids is 1. The first-order valence-electron chi connectivity index (χ1n) is 6.71. The summed E-state index contributed by atoms with van der Waals surface area (Å²) in [7, 11) is 1.56. The molecule has 0 radical (unpaired) electrons. The maximum absolute atomic E-state index is 11.5. The van der Waals surface area contributed by atoms with E-state index in [1.807, 2.05) is 0 Å². The van der Waals surface area contributed by atoms with Gasteiger partial charge >= 0.3 is 0 Å². The van der Waals surface area contributed by atoms with Crippen LogP contribution in [0.5, 0.6) is 0 Å². The summed E-state index contributed by atoms with van der Waals surface area (Å²) < 4.78 is 8.07. The lowest BCUT2D eigenvalue weighted by Gasteiger charge is -2.37. The van der Waals surface area contributed by atoms with E-state index in [4.69, 9.17) is 1.37 Å². The zero-order valence-electron chi connectivity index (χ0n) is 12.0. The van der Waals surface area contributed by atoms with Crippen LogP contribution in [0.15, 0.2) is 18.3 Å². The molecule has 5 heteroatoms. The predicted octanol–water partition coefficient (Wildman–Crippen LogP) is 0.628. The van der Waals surface area contributed by atoms with Crippen LogP contribution in [0.1, 0.15) is 25.7 Å². The fraction of sp³-hybridized carbons (Fsp3) is 0.538. The molecule has 1 amide bonds. The molecule has 0 unspecified atom stereocenters. The van der Waals surface area contributed by atoms with Gasteiger partial charge in [-0.05, 0) is 26.0 Å². The van der Waals surface area contributed by atoms with Crippen molar-refractivity contribution in [2.24, 2.45) is 0 Å². The van der Waals surface area contributed by atoms with E-state index in [9.17, 15) is 4.79 Å². The number of rotatable bonds is 2. The third kappa shape index (κ3) is 2.79. The molecule has 2 rings (SSSR count). The quantitative estimate of drug-likeness (QED) is 0.807. The Balaban J connectivity index is 2.23. The van der Waals surface area contributed by atoms with E-state index in [1.54, 1.807) is 13.2 Å². The number of anilines is 1. The Hall–Kier alpha value is -1.62. The third-order valence-corrected chi connectivity index (χ3v) is 3.04. The van der Waals surface area contributed by atoms with E-state index in [2.05, 4.69) is 34.4 Å². The van der Waals surface area contributed by atoms with Gasteiger partial charge in [0.2, 0.25) is 0 Å². The first-order chi connectivity index (χ1) is 9.01. The predicted molar refractivity (Wildman–Crippen MR) is 71.9 cm³/mol. The number of amides is 1. The van der Waals surface area contributed by atoms with Gasteiger partial charge < -0.3 is 15.5 Å². The van der Waals surface area contributed by atoms with Crippen molar-refractivity contribution in [3.63, 3.8) is 0 Å². The molecule has 0 bridgehead atoms. The molecule has 0 spiro atoms. The van der Waals surface area contributed by atoms with E-state index >= 15 is 0 Å². The second-order valence-corrected chi connectivity index (χ2v) is 4.77. The van der Waals surface area contributed by atoms with Crippen molar-refractivity contribution in [3.8, 4) is 0 Å². The summed E-state index contributed by atoms with van der Waals surface area (Å²) in [5, 5.41) is 5.96. The molecule has 2 heterocycles. The summed E-state index contributed by atoms with van der Waals surface area (Å²) in [6, 6.07) is 2.62. The Kier molecular flexibility index (Phi) is 3.41. The van der Waals surface area contributed by atoms with E-state index in [0.29, 0.717) is 18.1 Å². The van der Waals surface area contributed by atoms with Crippen molar-refractivity contribution in [1.29, 1.82) is 0 Å². The van der Waals surface area contributed by atoms with Crippen LogP contribution in [0.4, 0.5) is 5.69 Å². The topological polar surface area (TPSA) is 57.3 Å². The van der Waals surface area contributed by atoms with Gasteiger partial charge in [-0.1, -0.05) is 0 Å². The minimum Gasteiger partial charge on any atom is -0.367 e. The van der Waals surface area contributed by atoms with E-state index in [-0.39, 0.29) is 11.6 Å². The highest BCUT2D eigenvalue weighted by Gasteiger charge is 2.21. The molecule has 98 valence electrons. The smallest absolute Gasteiger partial charge is 0.269 e. The maximum atomic E-state index is 11.5. The molecule has 0 saturated carbocycles. The van der Waals surface area contributed by atoms with E-state index < -0.39 is 0 Å². The molecule has 2 N–H and O–H groups in total. The summed E-state index contributed by atoms with van der Waals surface area (Å²) in [5.74, 6) is -0.262. The van der Waals surface area contributed by atoms with Gasteiger partial charge in [-0.2, -0.15) is 0 Å². The molecular formula is C13H20N4O. The average Bonchev–Trinajstić information content (AvgIpc) is 2.36. The fourth-order valence-electron chi connectivity index (χ4n) is 2.30. The second kappa shape index (κ2) is 5.35. The van der Waals surface area contributed by atoms with E-state index in [0.717, 1.165) is 18.8 Å². The van der Waals surface area contributed by atoms with Crippen LogP contribution >= 0.6 is 0 Å². The van der Waals surface area contributed by atoms with Crippen molar-refractivity contribution >= 4 is 11.6 Å². The van der Waals surface area contributed by atoms with Crippen molar-refractivity contribution < 1.29 is 6.17 Å². The number of hydrogen-bond donors (Lipinski definition) is 2. The highest BCUT2D eigenvalue weighted by atomic mass is 16.1. The highest BCUT2D eigenvalue weighted by molar-refractivity contribution is 5.92. The zero-order valence-corrected chi connectivity index (χ0v) is 11.0. The van der Waals surface area contributed by atoms with Crippen LogP contribution in [0.25, 0.3) is 0 Å². The fourth-order valence-corrected chi connectivity index (χ4v) is 2.30. The van der Waals surface area contributed by atoms with Crippen molar-refractivity contribution in [2.75, 3.05) is 25.0 Å². The normalized spacial score (nSPS) is 24.6. The first-order valence-corrected chi connectivity index (χ1v) is 6.21. The van der Waals surface area contributed by atoms with Gasteiger partial charge in [0.15, 0.2) is 0 Å². The summed E-state index contributed by atoms with van der Waals surface area (Å²) >= 11 is 0. The number of aromatic nitrogens is 1. The number of carbonyl (C=O) groups is 1. The lowest BCUT2D eigenvalue weighted by molar-refractivity contribution is 0.0958. The summed E-state index contributed by atoms with van der Waals surface area (Å²) in [4.78, 5) is 17.8. The van der Waals surface area contributed by atoms with Crippen molar-refractivity contribution in [1.82, 2.24) is 15.6 Å². The molecule has 1 fully saturated rings. The maximum Gasteiger partial charge on any atom is 0.269 e. The largest absolute Gasteiger partial charge is 0.367 e. The molecule has 1 saturated heterocycles. The van der Waals surface area contributed by atoms with Crippen molar-refractivity contribution in [3.05, 3.63) is 24.0 Å². The summed E-state index contributed by atoms with van der Waals surface area (Å²) in [6.07, 6.45) is 1.62. The first kappa shape index (κ1) is 11.5. The number of nitrogens with zero attached hydrogens (tertiary/aromatic N) is 2. The Morgan fingerprint density at radius 1 is 1.56 bits per heavy atom. The Bertz CT molecular complexity index is 470. The number of pyridine rings is 1. The Morgan fingerprint density at radius 2 is 2.22 bits per heavy atom. The molecule has 1 aliphatic heterocycles. The standard InChI is InChI=1S/C13H20N4O/c1-9-7-17(8-10(2)16-9)11-4-5-12(15-6-11)13(18)14-3/h4-6,9-10,16H,7-8H2,1-3H3,(H,14,18)/t9-,10+/i4D. The van der Waals surface area contributed by atoms with Gasteiger partial charge in [-0.3, -0.25) is 4.79 Å².